The van der Waals surface area contributed by atoms with Gasteiger partial charge in [0.25, 0.3) is 0 Å². The Morgan fingerprint density at radius 1 is 0.929 bits per heavy atom. The van der Waals surface area contributed by atoms with Crippen molar-refractivity contribution in [3.8, 4) is 0 Å². The molecule has 0 radical (unpaired) electrons. The van der Waals surface area contributed by atoms with Crippen LogP contribution in [-0.2, 0) is 14.2 Å². The van der Waals surface area contributed by atoms with Gasteiger partial charge < -0.3 is 14.2 Å². The molecule has 0 heterocycles. The summed E-state index contributed by atoms with van der Waals surface area (Å²) in [5, 5.41) is 0. The van der Waals surface area contributed by atoms with Crippen molar-refractivity contribution in [2.45, 2.75) is 12.5 Å². The average molecular weight is 205 g/mol. The van der Waals surface area contributed by atoms with Gasteiger partial charge in [-0.25, -0.2) is 0 Å². The standard InChI is InChI=1S/C10H23NO3/c1-6-11(2)10(7-12-3,8-13-4)9-14-5/h6-9H2,1-5H3. The zero-order valence-electron chi connectivity index (χ0n) is 10.0. The van der Waals surface area contributed by atoms with Gasteiger partial charge >= 0.3 is 0 Å². The van der Waals surface area contributed by atoms with E-state index < -0.39 is 0 Å². The van der Waals surface area contributed by atoms with Crippen LogP contribution in [-0.4, -0.2) is 65.2 Å². The van der Waals surface area contributed by atoms with Crippen molar-refractivity contribution < 1.29 is 14.2 Å². The molecular formula is C10H23NO3. The number of hydrogen-bond donors (Lipinski definition) is 0. The molecule has 86 valence electrons. The van der Waals surface area contributed by atoms with Crippen LogP contribution in [0.1, 0.15) is 6.92 Å². The number of hydrogen-bond acceptors (Lipinski definition) is 4. The van der Waals surface area contributed by atoms with E-state index in [9.17, 15) is 0 Å². The lowest BCUT2D eigenvalue weighted by Crippen LogP contribution is -2.56. The number of likely N-dealkylation sites (N-methyl/N-ethyl adjacent to an activating group) is 1. The predicted molar refractivity (Wildman–Crippen MR) is 56.7 cm³/mol. The van der Waals surface area contributed by atoms with Crippen LogP contribution in [0, 0.1) is 0 Å². The first-order valence-corrected chi connectivity index (χ1v) is 4.85. The fourth-order valence-corrected chi connectivity index (χ4v) is 1.60. The van der Waals surface area contributed by atoms with Crippen molar-refractivity contribution in [2.75, 3.05) is 54.7 Å². The Hall–Kier alpha value is -0.160. The fourth-order valence-electron chi connectivity index (χ4n) is 1.60. The van der Waals surface area contributed by atoms with E-state index in [0.29, 0.717) is 19.8 Å². The lowest BCUT2D eigenvalue weighted by atomic mass is 10.0. The highest BCUT2D eigenvalue weighted by Gasteiger charge is 2.34. The van der Waals surface area contributed by atoms with Crippen LogP contribution in [0.15, 0.2) is 0 Å². The number of rotatable bonds is 8. The number of ether oxygens (including phenoxy) is 3. The molecule has 0 saturated carbocycles. The van der Waals surface area contributed by atoms with E-state index in [2.05, 4.69) is 18.9 Å². The van der Waals surface area contributed by atoms with Gasteiger partial charge in [0.15, 0.2) is 0 Å². The number of nitrogens with zero attached hydrogens (tertiary/aromatic N) is 1. The van der Waals surface area contributed by atoms with Crippen molar-refractivity contribution in [2.24, 2.45) is 0 Å². The van der Waals surface area contributed by atoms with Crippen LogP contribution >= 0.6 is 0 Å². The molecule has 0 fully saturated rings. The molecule has 0 aromatic heterocycles. The molecule has 14 heavy (non-hydrogen) atoms. The molecule has 0 bridgehead atoms. The van der Waals surface area contributed by atoms with Crippen LogP contribution < -0.4 is 0 Å². The zero-order chi connectivity index (χ0) is 11.0. The molecule has 0 saturated heterocycles. The molecule has 0 atom stereocenters. The summed E-state index contributed by atoms with van der Waals surface area (Å²) in [4.78, 5) is 2.20. The van der Waals surface area contributed by atoms with Crippen molar-refractivity contribution in [1.82, 2.24) is 4.90 Å². The molecule has 0 aliphatic rings. The summed E-state index contributed by atoms with van der Waals surface area (Å²) in [5.41, 5.74) is -0.174. The predicted octanol–water partition coefficient (Wildman–Crippen LogP) is 0.616. The summed E-state index contributed by atoms with van der Waals surface area (Å²) in [7, 11) is 7.15. The molecule has 4 nitrogen and oxygen atoms in total. The Morgan fingerprint density at radius 2 is 1.29 bits per heavy atom. The Kier molecular flexibility index (Phi) is 7.09. The summed E-state index contributed by atoms with van der Waals surface area (Å²) < 4.78 is 15.7. The van der Waals surface area contributed by atoms with Gasteiger partial charge in [0.05, 0.1) is 25.4 Å². The van der Waals surface area contributed by atoms with Gasteiger partial charge in [0.1, 0.15) is 0 Å². The van der Waals surface area contributed by atoms with Crippen molar-refractivity contribution in [3.63, 3.8) is 0 Å². The van der Waals surface area contributed by atoms with Gasteiger partial charge in [-0.15, -0.1) is 0 Å². The second kappa shape index (κ2) is 7.17. The third-order valence-electron chi connectivity index (χ3n) is 2.52. The molecule has 0 rings (SSSR count). The van der Waals surface area contributed by atoms with Crippen molar-refractivity contribution >= 4 is 0 Å². The highest BCUT2D eigenvalue weighted by atomic mass is 16.5. The summed E-state index contributed by atoms with van der Waals surface area (Å²) in [5.74, 6) is 0. The van der Waals surface area contributed by atoms with E-state index in [0.717, 1.165) is 6.54 Å². The van der Waals surface area contributed by atoms with Crippen LogP contribution in [0.3, 0.4) is 0 Å². The monoisotopic (exact) mass is 205 g/mol. The summed E-state index contributed by atoms with van der Waals surface area (Å²) >= 11 is 0. The van der Waals surface area contributed by atoms with E-state index in [1.165, 1.54) is 0 Å². The van der Waals surface area contributed by atoms with Gasteiger partial charge in [-0.1, -0.05) is 6.92 Å². The Morgan fingerprint density at radius 3 is 1.50 bits per heavy atom. The minimum atomic E-state index is -0.174. The average Bonchev–Trinajstić information content (AvgIpc) is 2.17. The van der Waals surface area contributed by atoms with Gasteiger partial charge in [0, 0.05) is 21.3 Å². The lowest BCUT2D eigenvalue weighted by molar-refractivity contribution is -0.0650. The first-order valence-electron chi connectivity index (χ1n) is 4.85. The van der Waals surface area contributed by atoms with Crippen LogP contribution in [0.5, 0.6) is 0 Å². The maximum absolute atomic E-state index is 5.23. The van der Waals surface area contributed by atoms with E-state index in [1.807, 2.05) is 0 Å². The molecular weight excluding hydrogens is 182 g/mol. The lowest BCUT2D eigenvalue weighted by Gasteiger charge is -2.39. The summed E-state index contributed by atoms with van der Waals surface area (Å²) in [6.45, 7) is 4.88. The maximum Gasteiger partial charge on any atom is 0.0911 e. The third kappa shape index (κ3) is 3.53. The van der Waals surface area contributed by atoms with Crippen LogP contribution in [0.4, 0.5) is 0 Å². The van der Waals surface area contributed by atoms with Crippen molar-refractivity contribution in [3.05, 3.63) is 0 Å². The Labute approximate surface area is 87.1 Å². The van der Waals surface area contributed by atoms with E-state index in [-0.39, 0.29) is 5.54 Å². The molecule has 0 N–H and O–H groups in total. The molecule has 0 aliphatic carbocycles. The van der Waals surface area contributed by atoms with E-state index in [4.69, 9.17) is 14.2 Å². The van der Waals surface area contributed by atoms with Gasteiger partial charge in [-0.05, 0) is 13.6 Å². The molecule has 4 heteroatoms. The molecule has 0 aliphatic heterocycles. The van der Waals surface area contributed by atoms with Gasteiger partial charge in [0.2, 0.25) is 0 Å². The first kappa shape index (κ1) is 13.8. The SMILES string of the molecule is CCN(C)C(COC)(COC)COC. The molecule has 0 aromatic rings. The number of methoxy groups -OCH3 is 3. The van der Waals surface area contributed by atoms with Crippen LogP contribution in [0.2, 0.25) is 0 Å². The largest absolute Gasteiger partial charge is 0.383 e. The second-order valence-electron chi connectivity index (χ2n) is 3.54. The summed E-state index contributed by atoms with van der Waals surface area (Å²) in [6.07, 6.45) is 0. The molecule has 0 aromatic carbocycles. The Bertz CT molecular complexity index is 124. The van der Waals surface area contributed by atoms with E-state index >= 15 is 0 Å². The fraction of sp³-hybridized carbons (Fsp3) is 1.00. The smallest absolute Gasteiger partial charge is 0.0911 e. The minimum Gasteiger partial charge on any atom is -0.383 e. The maximum atomic E-state index is 5.23. The van der Waals surface area contributed by atoms with Crippen LogP contribution in [0.25, 0.3) is 0 Å². The summed E-state index contributed by atoms with van der Waals surface area (Å²) in [6, 6.07) is 0. The van der Waals surface area contributed by atoms with Crippen molar-refractivity contribution in [1.29, 1.82) is 0 Å². The second-order valence-corrected chi connectivity index (χ2v) is 3.54. The topological polar surface area (TPSA) is 30.9 Å². The zero-order valence-corrected chi connectivity index (χ0v) is 10.0. The van der Waals surface area contributed by atoms with E-state index in [1.54, 1.807) is 21.3 Å². The quantitative estimate of drug-likeness (QED) is 0.581. The molecule has 0 unspecified atom stereocenters. The molecule has 0 amide bonds. The third-order valence-corrected chi connectivity index (χ3v) is 2.52. The minimum absolute atomic E-state index is 0.174. The van der Waals surface area contributed by atoms with Gasteiger partial charge in [-0.2, -0.15) is 0 Å². The highest BCUT2D eigenvalue weighted by molar-refractivity contribution is 4.88. The Balaban J connectivity index is 4.53. The normalized spacial score (nSPS) is 12.4. The highest BCUT2D eigenvalue weighted by Crippen LogP contribution is 2.15. The first-order chi connectivity index (χ1) is 6.66. The van der Waals surface area contributed by atoms with Gasteiger partial charge in [-0.3, -0.25) is 4.90 Å². The molecule has 0 spiro atoms.